The molecule has 190 valence electrons. The summed E-state index contributed by atoms with van der Waals surface area (Å²) in [5.74, 6) is 0.144. The number of hydrogen-bond acceptors (Lipinski definition) is 8. The van der Waals surface area contributed by atoms with Crippen LogP contribution < -0.4 is 15.4 Å². The molecule has 0 unspecified atom stereocenters. The van der Waals surface area contributed by atoms with Crippen LogP contribution in [0.2, 0.25) is 0 Å². The van der Waals surface area contributed by atoms with Crippen LogP contribution >= 0.6 is 0 Å². The molecular weight excluding hydrogens is 485 g/mol. The Morgan fingerprint density at radius 2 is 1.67 bits per heavy atom. The van der Waals surface area contributed by atoms with Crippen molar-refractivity contribution < 1.29 is 22.3 Å². The number of rotatable bonds is 8. The van der Waals surface area contributed by atoms with Gasteiger partial charge in [-0.05, 0) is 60.9 Å². The molecule has 1 spiro atoms. The third-order valence-electron chi connectivity index (χ3n) is 6.34. The summed E-state index contributed by atoms with van der Waals surface area (Å²) in [4.78, 5) is 8.84. The lowest BCUT2D eigenvalue weighted by molar-refractivity contribution is -0.178. The fourth-order valence-electron chi connectivity index (χ4n) is 4.41. The minimum Gasteiger partial charge on any atom is -0.350 e. The maximum absolute atomic E-state index is 13.1. The summed E-state index contributed by atoms with van der Waals surface area (Å²) in [6.07, 6.45) is 4.34. The summed E-state index contributed by atoms with van der Waals surface area (Å²) >= 11 is 0. The number of benzene rings is 2. The molecule has 0 bridgehead atoms. The predicted molar refractivity (Wildman–Crippen MR) is 133 cm³/mol. The molecule has 2 aliphatic rings. The molecular formula is C25H28FN5O4S. The average Bonchev–Trinajstić information content (AvgIpc) is 3.34. The molecule has 1 saturated heterocycles. The van der Waals surface area contributed by atoms with Crippen LogP contribution in [0.3, 0.4) is 0 Å². The zero-order valence-corrected chi connectivity index (χ0v) is 20.4. The summed E-state index contributed by atoms with van der Waals surface area (Å²) < 4.78 is 53.1. The van der Waals surface area contributed by atoms with Crippen LogP contribution in [-0.4, -0.2) is 43.4 Å². The molecule has 0 atom stereocenters. The Bertz CT molecular complexity index is 1270. The molecule has 5 rings (SSSR count). The second-order valence-corrected chi connectivity index (χ2v) is 10.6. The van der Waals surface area contributed by atoms with E-state index in [-0.39, 0.29) is 16.8 Å². The Morgan fingerprint density at radius 1 is 0.972 bits per heavy atom. The van der Waals surface area contributed by atoms with Crippen molar-refractivity contribution >= 4 is 27.5 Å². The second-order valence-electron chi connectivity index (χ2n) is 8.90. The molecule has 36 heavy (non-hydrogen) atoms. The van der Waals surface area contributed by atoms with Crippen LogP contribution in [0.25, 0.3) is 0 Å². The van der Waals surface area contributed by atoms with Crippen LogP contribution in [0.15, 0.2) is 65.7 Å². The van der Waals surface area contributed by atoms with Crippen molar-refractivity contribution in [3.05, 3.63) is 72.2 Å². The minimum absolute atomic E-state index is 0.136. The number of nitrogens with one attached hydrogen (secondary N) is 3. The van der Waals surface area contributed by atoms with Gasteiger partial charge in [-0.3, -0.25) is 0 Å². The van der Waals surface area contributed by atoms with E-state index in [1.807, 2.05) is 0 Å². The summed E-state index contributed by atoms with van der Waals surface area (Å²) in [5.41, 5.74) is 1.59. The lowest BCUT2D eigenvalue weighted by Crippen LogP contribution is -2.43. The summed E-state index contributed by atoms with van der Waals surface area (Å²) in [7, 11) is -3.63. The smallest absolute Gasteiger partial charge is 0.240 e. The highest BCUT2D eigenvalue weighted by molar-refractivity contribution is 7.89. The van der Waals surface area contributed by atoms with Gasteiger partial charge in [-0.2, -0.15) is 4.98 Å². The van der Waals surface area contributed by atoms with E-state index in [4.69, 9.17) is 9.47 Å². The summed E-state index contributed by atoms with van der Waals surface area (Å²) in [5, 5.41) is 6.23. The number of anilines is 3. The zero-order chi connectivity index (χ0) is 25.0. The largest absolute Gasteiger partial charge is 0.350 e. The number of aromatic nitrogens is 2. The molecule has 3 aromatic rings. The third kappa shape index (κ3) is 5.98. The molecule has 1 aromatic heterocycles. The number of halogens is 1. The highest BCUT2D eigenvalue weighted by atomic mass is 32.2. The fraction of sp³-hybridized carbons (Fsp3) is 0.360. The van der Waals surface area contributed by atoms with E-state index in [0.29, 0.717) is 62.9 Å². The van der Waals surface area contributed by atoms with Crippen molar-refractivity contribution in [1.29, 1.82) is 0 Å². The van der Waals surface area contributed by atoms with Crippen molar-refractivity contribution in [3.8, 4) is 0 Å². The standard InChI is InChI=1S/C25H28FN5O4S/c26-19-3-5-20(6-4-19)29-23-11-14-27-24(30-23)28-17-18-1-7-22(8-2-18)36(32,33)31-21-9-12-25(13-10-21)34-15-16-35-25/h1-8,11,14,21,31H,9-10,12-13,15-17H2,(H2,27,28,29,30). The second kappa shape index (κ2) is 10.5. The van der Waals surface area contributed by atoms with Gasteiger partial charge >= 0.3 is 0 Å². The number of ether oxygens (including phenoxy) is 2. The van der Waals surface area contributed by atoms with E-state index in [9.17, 15) is 12.8 Å². The molecule has 11 heteroatoms. The molecule has 2 aromatic carbocycles. The van der Waals surface area contributed by atoms with Crippen LogP contribution in [-0.2, 0) is 26.0 Å². The molecule has 1 saturated carbocycles. The first kappa shape index (κ1) is 24.6. The normalized spacial score (nSPS) is 17.8. The maximum atomic E-state index is 13.1. The van der Waals surface area contributed by atoms with Crippen molar-refractivity contribution in [2.24, 2.45) is 0 Å². The third-order valence-corrected chi connectivity index (χ3v) is 7.88. The lowest BCUT2D eigenvalue weighted by Gasteiger charge is -2.35. The van der Waals surface area contributed by atoms with Gasteiger partial charge < -0.3 is 20.1 Å². The molecule has 0 amide bonds. The van der Waals surface area contributed by atoms with Gasteiger partial charge in [0.1, 0.15) is 11.6 Å². The van der Waals surface area contributed by atoms with E-state index in [1.54, 1.807) is 48.7 Å². The van der Waals surface area contributed by atoms with E-state index in [0.717, 1.165) is 5.56 Å². The lowest BCUT2D eigenvalue weighted by atomic mass is 9.91. The number of sulfonamides is 1. The molecule has 0 radical (unpaired) electrons. The van der Waals surface area contributed by atoms with Crippen molar-refractivity contribution in [2.75, 3.05) is 23.8 Å². The first-order valence-corrected chi connectivity index (χ1v) is 13.4. The Hall–Kier alpha value is -3.12. The minimum atomic E-state index is -3.63. The van der Waals surface area contributed by atoms with Crippen LogP contribution in [0.4, 0.5) is 21.8 Å². The SMILES string of the molecule is O=S(=O)(NC1CCC2(CC1)OCCO2)c1ccc(CNc2nccc(Nc3ccc(F)cc3)n2)cc1. The van der Waals surface area contributed by atoms with Crippen LogP contribution in [0.1, 0.15) is 31.2 Å². The van der Waals surface area contributed by atoms with E-state index in [2.05, 4.69) is 25.3 Å². The van der Waals surface area contributed by atoms with E-state index in [1.165, 1.54) is 12.1 Å². The first-order chi connectivity index (χ1) is 17.4. The molecule has 2 heterocycles. The topological polar surface area (TPSA) is 114 Å². The van der Waals surface area contributed by atoms with Crippen molar-refractivity contribution in [3.63, 3.8) is 0 Å². The van der Waals surface area contributed by atoms with Crippen LogP contribution in [0, 0.1) is 5.82 Å². The van der Waals surface area contributed by atoms with Gasteiger partial charge in [0.2, 0.25) is 16.0 Å². The van der Waals surface area contributed by atoms with Crippen molar-refractivity contribution in [1.82, 2.24) is 14.7 Å². The Balaban J connectivity index is 1.14. The highest BCUT2D eigenvalue weighted by Gasteiger charge is 2.41. The Morgan fingerprint density at radius 3 is 2.36 bits per heavy atom. The molecule has 9 nitrogen and oxygen atoms in total. The molecule has 2 fully saturated rings. The highest BCUT2D eigenvalue weighted by Crippen LogP contribution is 2.36. The number of hydrogen-bond donors (Lipinski definition) is 3. The fourth-order valence-corrected chi connectivity index (χ4v) is 5.72. The maximum Gasteiger partial charge on any atom is 0.240 e. The Labute approximate surface area is 209 Å². The monoisotopic (exact) mass is 513 g/mol. The molecule has 1 aliphatic carbocycles. The molecule has 3 N–H and O–H groups in total. The van der Waals surface area contributed by atoms with Gasteiger partial charge in [-0.15, -0.1) is 0 Å². The quantitative estimate of drug-likeness (QED) is 0.415. The zero-order valence-electron chi connectivity index (χ0n) is 19.6. The van der Waals surface area contributed by atoms with E-state index < -0.39 is 15.8 Å². The number of nitrogens with zero attached hydrogens (tertiary/aromatic N) is 2. The summed E-state index contributed by atoms with van der Waals surface area (Å²) in [6, 6.07) is 14.3. The van der Waals surface area contributed by atoms with Gasteiger partial charge in [0, 0.05) is 37.3 Å². The average molecular weight is 514 g/mol. The van der Waals surface area contributed by atoms with E-state index >= 15 is 0 Å². The van der Waals surface area contributed by atoms with Gasteiger partial charge in [0.25, 0.3) is 0 Å². The van der Waals surface area contributed by atoms with Crippen LogP contribution in [0.5, 0.6) is 0 Å². The predicted octanol–water partition coefficient (Wildman–Crippen LogP) is 3.94. The van der Waals surface area contributed by atoms with Gasteiger partial charge in [-0.25, -0.2) is 22.5 Å². The van der Waals surface area contributed by atoms with Gasteiger partial charge in [0.05, 0.1) is 18.1 Å². The van der Waals surface area contributed by atoms with Gasteiger partial charge in [0.15, 0.2) is 5.79 Å². The molecule has 1 aliphatic heterocycles. The van der Waals surface area contributed by atoms with Crippen molar-refractivity contribution in [2.45, 2.75) is 49.0 Å². The van der Waals surface area contributed by atoms with Gasteiger partial charge in [-0.1, -0.05) is 12.1 Å². The Kier molecular flexibility index (Phi) is 7.15. The first-order valence-electron chi connectivity index (χ1n) is 11.9. The summed E-state index contributed by atoms with van der Waals surface area (Å²) in [6.45, 7) is 1.61.